The number of aromatic amines is 1. The van der Waals surface area contributed by atoms with E-state index in [4.69, 9.17) is 0 Å². The standard InChI is InChI=1S/C19H21N5O/c1-24(15-4-2-3-5-15)19-9-8-17(22-23-19)16-7-6-13(10-18(16)25)14-11-20-21-12-14/h6-12,15,25H,2-5H2,1H3,(H,20,21). The maximum Gasteiger partial charge on any atom is 0.151 e. The number of nitrogens with one attached hydrogen (secondary N) is 1. The van der Waals surface area contributed by atoms with Crippen molar-refractivity contribution in [3.05, 3.63) is 42.7 Å². The first-order chi connectivity index (χ1) is 12.2. The van der Waals surface area contributed by atoms with Crippen molar-refractivity contribution in [2.24, 2.45) is 0 Å². The average molecular weight is 335 g/mol. The van der Waals surface area contributed by atoms with Gasteiger partial charge < -0.3 is 10.0 Å². The van der Waals surface area contributed by atoms with Gasteiger partial charge in [0.15, 0.2) is 5.82 Å². The van der Waals surface area contributed by atoms with Crippen molar-refractivity contribution >= 4 is 5.82 Å². The Morgan fingerprint density at radius 3 is 2.56 bits per heavy atom. The van der Waals surface area contributed by atoms with Gasteiger partial charge in [-0.1, -0.05) is 18.9 Å². The topological polar surface area (TPSA) is 77.9 Å². The zero-order valence-electron chi connectivity index (χ0n) is 14.2. The monoisotopic (exact) mass is 335 g/mol. The molecule has 1 aliphatic carbocycles. The first-order valence-corrected chi connectivity index (χ1v) is 8.61. The number of aromatic hydroxyl groups is 1. The van der Waals surface area contributed by atoms with Gasteiger partial charge in [-0.25, -0.2) is 0 Å². The minimum Gasteiger partial charge on any atom is -0.507 e. The van der Waals surface area contributed by atoms with Gasteiger partial charge in [0.25, 0.3) is 0 Å². The molecule has 0 bridgehead atoms. The van der Waals surface area contributed by atoms with E-state index in [1.807, 2.05) is 24.3 Å². The van der Waals surface area contributed by atoms with E-state index >= 15 is 0 Å². The minimum atomic E-state index is 0.185. The fraction of sp³-hybridized carbons (Fsp3) is 0.316. The molecular weight excluding hydrogens is 314 g/mol. The van der Waals surface area contributed by atoms with Crippen LogP contribution < -0.4 is 4.90 Å². The zero-order valence-corrected chi connectivity index (χ0v) is 14.2. The van der Waals surface area contributed by atoms with Crippen LogP contribution in [0.2, 0.25) is 0 Å². The lowest BCUT2D eigenvalue weighted by molar-refractivity contribution is 0.477. The van der Waals surface area contributed by atoms with Crippen molar-refractivity contribution in [3.63, 3.8) is 0 Å². The van der Waals surface area contributed by atoms with Crippen LogP contribution >= 0.6 is 0 Å². The fourth-order valence-electron chi connectivity index (χ4n) is 3.47. The Bertz CT molecular complexity index is 839. The van der Waals surface area contributed by atoms with Crippen molar-refractivity contribution in [2.45, 2.75) is 31.7 Å². The van der Waals surface area contributed by atoms with Crippen LogP contribution in [0.15, 0.2) is 42.7 Å². The maximum absolute atomic E-state index is 10.4. The van der Waals surface area contributed by atoms with Crippen LogP contribution in [0.1, 0.15) is 25.7 Å². The molecule has 2 aromatic heterocycles. The lowest BCUT2D eigenvalue weighted by atomic mass is 10.0. The predicted octanol–water partition coefficient (Wildman–Crippen LogP) is 3.62. The van der Waals surface area contributed by atoms with Crippen molar-refractivity contribution in [1.82, 2.24) is 20.4 Å². The van der Waals surface area contributed by atoms with E-state index in [0.717, 1.165) is 16.9 Å². The number of hydrogen-bond donors (Lipinski definition) is 2. The highest BCUT2D eigenvalue weighted by Crippen LogP contribution is 2.32. The van der Waals surface area contributed by atoms with E-state index in [0.29, 0.717) is 17.3 Å². The van der Waals surface area contributed by atoms with Crippen LogP contribution in [0.5, 0.6) is 5.75 Å². The first kappa shape index (κ1) is 15.6. The molecule has 0 spiro atoms. The summed E-state index contributed by atoms with van der Waals surface area (Å²) in [7, 11) is 2.08. The van der Waals surface area contributed by atoms with E-state index in [2.05, 4.69) is 32.3 Å². The molecule has 128 valence electrons. The van der Waals surface area contributed by atoms with E-state index in [-0.39, 0.29) is 5.75 Å². The highest BCUT2D eigenvalue weighted by molar-refractivity contribution is 5.73. The summed E-state index contributed by atoms with van der Waals surface area (Å²) in [6, 6.07) is 9.98. The third kappa shape index (κ3) is 3.07. The molecule has 6 nitrogen and oxygen atoms in total. The van der Waals surface area contributed by atoms with E-state index in [1.54, 1.807) is 18.5 Å². The maximum atomic E-state index is 10.4. The Kier molecular flexibility index (Phi) is 4.09. The zero-order chi connectivity index (χ0) is 17.2. The second-order valence-electron chi connectivity index (χ2n) is 6.54. The van der Waals surface area contributed by atoms with E-state index in [1.165, 1.54) is 25.7 Å². The Balaban J connectivity index is 1.57. The van der Waals surface area contributed by atoms with Gasteiger partial charge in [0.2, 0.25) is 0 Å². The SMILES string of the molecule is CN(c1ccc(-c2ccc(-c3cn[nH]c3)cc2O)nn1)C1CCCC1. The second kappa shape index (κ2) is 6.55. The number of rotatable bonds is 4. The van der Waals surface area contributed by atoms with Crippen molar-refractivity contribution in [1.29, 1.82) is 0 Å². The molecule has 1 aromatic carbocycles. The molecule has 1 fully saturated rings. The Morgan fingerprint density at radius 1 is 1.08 bits per heavy atom. The molecule has 25 heavy (non-hydrogen) atoms. The van der Waals surface area contributed by atoms with E-state index < -0.39 is 0 Å². The molecule has 0 unspecified atom stereocenters. The van der Waals surface area contributed by atoms with Crippen molar-refractivity contribution < 1.29 is 5.11 Å². The molecule has 3 aromatic rings. The summed E-state index contributed by atoms with van der Waals surface area (Å²) in [6.07, 6.45) is 8.53. The number of aromatic nitrogens is 4. The molecule has 4 rings (SSSR count). The Labute approximate surface area is 146 Å². The van der Waals surface area contributed by atoms with Gasteiger partial charge in [-0.05, 0) is 42.7 Å². The molecular formula is C19H21N5O. The largest absolute Gasteiger partial charge is 0.507 e. The van der Waals surface area contributed by atoms with Crippen LogP contribution in [0.3, 0.4) is 0 Å². The van der Waals surface area contributed by atoms with Crippen molar-refractivity contribution in [2.75, 3.05) is 11.9 Å². The second-order valence-corrected chi connectivity index (χ2v) is 6.54. The van der Waals surface area contributed by atoms with Crippen LogP contribution in [0.25, 0.3) is 22.4 Å². The first-order valence-electron chi connectivity index (χ1n) is 8.61. The van der Waals surface area contributed by atoms with Crippen molar-refractivity contribution in [3.8, 4) is 28.1 Å². The van der Waals surface area contributed by atoms with E-state index in [9.17, 15) is 5.11 Å². The Morgan fingerprint density at radius 2 is 1.92 bits per heavy atom. The van der Waals surface area contributed by atoms with Crippen LogP contribution in [-0.2, 0) is 0 Å². The number of hydrogen-bond acceptors (Lipinski definition) is 5. The molecule has 6 heteroatoms. The summed E-state index contributed by atoms with van der Waals surface area (Å²) >= 11 is 0. The summed E-state index contributed by atoms with van der Waals surface area (Å²) < 4.78 is 0. The van der Waals surface area contributed by atoms with Gasteiger partial charge in [0, 0.05) is 30.4 Å². The summed E-state index contributed by atoms with van der Waals surface area (Å²) in [5.41, 5.74) is 3.18. The molecule has 0 amide bonds. The third-order valence-corrected chi connectivity index (χ3v) is 4.99. The van der Waals surface area contributed by atoms with Gasteiger partial charge in [-0.2, -0.15) is 5.10 Å². The number of anilines is 1. The molecule has 1 aliphatic rings. The summed E-state index contributed by atoms with van der Waals surface area (Å²) in [5, 5.41) is 25.8. The number of phenols is 1. The summed E-state index contributed by atoms with van der Waals surface area (Å²) in [5.74, 6) is 1.06. The highest BCUT2D eigenvalue weighted by Gasteiger charge is 2.21. The number of nitrogens with zero attached hydrogens (tertiary/aromatic N) is 4. The van der Waals surface area contributed by atoms with Gasteiger partial charge in [0.05, 0.1) is 11.9 Å². The molecule has 0 atom stereocenters. The van der Waals surface area contributed by atoms with Gasteiger partial charge >= 0.3 is 0 Å². The molecule has 0 aliphatic heterocycles. The van der Waals surface area contributed by atoms with Gasteiger partial charge in [-0.3, -0.25) is 5.10 Å². The van der Waals surface area contributed by atoms with Gasteiger partial charge in [0.1, 0.15) is 5.75 Å². The van der Waals surface area contributed by atoms with Crippen LogP contribution in [0, 0.1) is 0 Å². The normalized spacial score (nSPS) is 14.8. The average Bonchev–Trinajstić information content (AvgIpc) is 3.35. The Hall–Kier alpha value is -2.89. The predicted molar refractivity (Wildman–Crippen MR) is 97.4 cm³/mol. The summed E-state index contributed by atoms with van der Waals surface area (Å²) in [6.45, 7) is 0. The number of phenolic OH excluding ortho intramolecular Hbond substituents is 1. The summed E-state index contributed by atoms with van der Waals surface area (Å²) in [4.78, 5) is 2.21. The lowest BCUT2D eigenvalue weighted by Gasteiger charge is -2.24. The molecule has 1 saturated carbocycles. The number of benzene rings is 1. The third-order valence-electron chi connectivity index (χ3n) is 4.99. The minimum absolute atomic E-state index is 0.185. The highest BCUT2D eigenvalue weighted by atomic mass is 16.3. The van der Waals surface area contributed by atoms with Gasteiger partial charge in [-0.15, -0.1) is 10.2 Å². The molecule has 0 radical (unpaired) electrons. The molecule has 2 heterocycles. The van der Waals surface area contributed by atoms with Crippen LogP contribution in [0.4, 0.5) is 5.82 Å². The van der Waals surface area contributed by atoms with Crippen LogP contribution in [-0.4, -0.2) is 38.6 Å². The number of H-pyrrole nitrogens is 1. The molecule has 0 saturated heterocycles. The smallest absolute Gasteiger partial charge is 0.151 e. The quantitative estimate of drug-likeness (QED) is 0.761. The lowest BCUT2D eigenvalue weighted by Crippen LogP contribution is -2.29. The molecule has 2 N–H and O–H groups in total. The fourth-order valence-corrected chi connectivity index (χ4v) is 3.47.